The largest absolute Gasteiger partial charge is 0.319 e. The Morgan fingerprint density at radius 2 is 1.72 bits per heavy atom. The third kappa shape index (κ3) is 3.74. The molecular weight excluding hydrogens is 401 g/mol. The molecule has 1 aromatic heterocycles. The second-order valence-corrected chi connectivity index (χ2v) is 7.03. The molecule has 4 nitrogen and oxygen atoms in total. The zero-order chi connectivity index (χ0) is 20.5. The van der Waals surface area contributed by atoms with Gasteiger partial charge in [-0.15, -0.1) is 11.3 Å². The van der Waals surface area contributed by atoms with Crippen LogP contribution in [0.2, 0.25) is 0 Å². The van der Waals surface area contributed by atoms with E-state index in [0.717, 1.165) is 29.0 Å². The number of nitrogens with zero attached hydrogens (tertiary/aromatic N) is 1. The Balaban J connectivity index is 1.69. The number of anilines is 1. The molecule has 1 amide bonds. The highest BCUT2D eigenvalue weighted by Gasteiger charge is 2.21. The molecule has 4 aromatic rings. The van der Waals surface area contributed by atoms with E-state index in [1.165, 1.54) is 29.5 Å². The summed E-state index contributed by atoms with van der Waals surface area (Å²) in [6, 6.07) is 10.9. The predicted octanol–water partition coefficient (Wildman–Crippen LogP) is 5.20. The Morgan fingerprint density at radius 3 is 2.52 bits per heavy atom. The molecule has 0 unspecified atom stereocenters. The number of halogens is 3. The zero-order valence-corrected chi connectivity index (χ0v) is 15.4. The monoisotopic (exact) mass is 412 g/mol. The molecule has 144 valence electrons. The number of fused-ring (bicyclic) bond motifs is 1. The summed E-state index contributed by atoms with van der Waals surface area (Å²) in [5.41, 5.74) is 1.35. The van der Waals surface area contributed by atoms with E-state index in [4.69, 9.17) is 0 Å². The van der Waals surface area contributed by atoms with Crippen LogP contribution in [0.4, 0.5) is 18.9 Å². The fourth-order valence-electron chi connectivity index (χ4n) is 2.82. The van der Waals surface area contributed by atoms with Gasteiger partial charge in [0.1, 0.15) is 11.6 Å². The number of aromatic nitrogens is 1. The normalized spacial score (nSPS) is 10.9. The van der Waals surface area contributed by atoms with Crippen molar-refractivity contribution in [3.8, 4) is 0 Å². The molecule has 0 aliphatic carbocycles. The van der Waals surface area contributed by atoms with Gasteiger partial charge in [0.2, 0.25) is 0 Å². The van der Waals surface area contributed by atoms with Crippen molar-refractivity contribution in [3.05, 3.63) is 94.2 Å². The van der Waals surface area contributed by atoms with E-state index >= 15 is 0 Å². The van der Waals surface area contributed by atoms with Gasteiger partial charge in [-0.3, -0.25) is 9.59 Å². The predicted molar refractivity (Wildman–Crippen MR) is 104 cm³/mol. The average Bonchev–Trinajstić information content (AvgIpc) is 3.17. The second-order valence-electron chi connectivity index (χ2n) is 6.14. The topological polar surface area (TPSA) is 59.1 Å². The Labute approximate surface area is 166 Å². The number of carbonyl (C=O) groups is 2. The minimum atomic E-state index is -1.08. The minimum absolute atomic E-state index is 0.0721. The van der Waals surface area contributed by atoms with Crippen LogP contribution in [0.25, 0.3) is 10.2 Å². The number of nitrogens with one attached hydrogen (secondary N) is 1. The van der Waals surface area contributed by atoms with Gasteiger partial charge in [-0.2, -0.15) is 0 Å². The van der Waals surface area contributed by atoms with Gasteiger partial charge in [-0.05, 0) is 42.5 Å². The maximum absolute atomic E-state index is 14.9. The van der Waals surface area contributed by atoms with Gasteiger partial charge in [-0.1, -0.05) is 6.07 Å². The first-order valence-corrected chi connectivity index (χ1v) is 9.24. The number of ketones is 1. The molecule has 0 radical (unpaired) electrons. The molecule has 1 N–H and O–H groups in total. The van der Waals surface area contributed by atoms with Gasteiger partial charge in [0, 0.05) is 17.2 Å². The van der Waals surface area contributed by atoms with Gasteiger partial charge in [-0.25, -0.2) is 18.2 Å². The number of hydrogen-bond acceptors (Lipinski definition) is 4. The minimum Gasteiger partial charge on any atom is -0.319 e. The summed E-state index contributed by atoms with van der Waals surface area (Å²) in [7, 11) is 0. The van der Waals surface area contributed by atoms with E-state index in [-0.39, 0.29) is 11.1 Å². The highest BCUT2D eigenvalue weighted by molar-refractivity contribution is 7.16. The molecule has 0 saturated heterocycles. The summed E-state index contributed by atoms with van der Waals surface area (Å²) in [6.45, 7) is 0. The lowest BCUT2D eigenvalue weighted by Crippen LogP contribution is -2.15. The molecule has 29 heavy (non-hydrogen) atoms. The van der Waals surface area contributed by atoms with Gasteiger partial charge < -0.3 is 5.32 Å². The quantitative estimate of drug-likeness (QED) is 0.469. The van der Waals surface area contributed by atoms with E-state index in [1.807, 2.05) is 0 Å². The molecule has 4 rings (SSSR count). The van der Waals surface area contributed by atoms with Gasteiger partial charge in [0.25, 0.3) is 5.91 Å². The van der Waals surface area contributed by atoms with E-state index in [2.05, 4.69) is 10.3 Å². The third-order valence-electron chi connectivity index (χ3n) is 4.21. The van der Waals surface area contributed by atoms with Gasteiger partial charge in [0.15, 0.2) is 11.6 Å². The highest BCUT2D eigenvalue weighted by Crippen LogP contribution is 2.26. The van der Waals surface area contributed by atoms with Crippen molar-refractivity contribution in [1.82, 2.24) is 4.98 Å². The maximum atomic E-state index is 14.9. The number of amides is 1. The Morgan fingerprint density at radius 1 is 0.897 bits per heavy atom. The zero-order valence-electron chi connectivity index (χ0n) is 14.6. The molecule has 0 aliphatic rings. The van der Waals surface area contributed by atoms with Crippen LogP contribution in [0.15, 0.2) is 60.1 Å². The number of rotatable bonds is 4. The highest BCUT2D eigenvalue weighted by atomic mass is 32.1. The summed E-state index contributed by atoms with van der Waals surface area (Å²) in [5.74, 6) is -4.20. The van der Waals surface area contributed by atoms with Crippen molar-refractivity contribution in [3.63, 3.8) is 0 Å². The van der Waals surface area contributed by atoms with Crippen molar-refractivity contribution in [2.45, 2.75) is 0 Å². The lowest BCUT2D eigenvalue weighted by molar-refractivity contribution is 0.101. The molecule has 0 aliphatic heterocycles. The maximum Gasteiger partial charge on any atom is 0.255 e. The standard InChI is InChI=1S/C21H11F3N2O2S/c22-13-3-1-2-12(6-13)21(28)26-17-9-14(23)8-15(19(17)24)20(27)11-4-5-16-18(7-11)29-10-25-16/h1-10H,(H,26,28). The molecular formula is C21H11F3N2O2S. The van der Waals surface area contributed by atoms with Crippen LogP contribution in [0.1, 0.15) is 26.3 Å². The number of hydrogen-bond donors (Lipinski definition) is 1. The van der Waals surface area contributed by atoms with Crippen molar-refractivity contribution >= 4 is 38.9 Å². The molecule has 0 fully saturated rings. The van der Waals surface area contributed by atoms with Crippen LogP contribution in [0.3, 0.4) is 0 Å². The van der Waals surface area contributed by atoms with Gasteiger partial charge in [0.05, 0.1) is 27.0 Å². The van der Waals surface area contributed by atoms with Crippen LogP contribution in [0.5, 0.6) is 0 Å². The van der Waals surface area contributed by atoms with E-state index < -0.39 is 40.4 Å². The average molecular weight is 412 g/mol. The summed E-state index contributed by atoms with van der Waals surface area (Å²) < 4.78 is 43.0. The number of benzene rings is 3. The smallest absolute Gasteiger partial charge is 0.255 e. The van der Waals surface area contributed by atoms with Crippen LogP contribution >= 0.6 is 11.3 Å². The lowest BCUT2D eigenvalue weighted by Gasteiger charge is -2.10. The first-order valence-electron chi connectivity index (χ1n) is 8.36. The number of thiazole rings is 1. The summed E-state index contributed by atoms with van der Waals surface area (Å²) >= 11 is 1.31. The molecule has 8 heteroatoms. The van der Waals surface area contributed by atoms with Crippen LogP contribution < -0.4 is 5.32 Å². The van der Waals surface area contributed by atoms with Crippen LogP contribution in [0, 0.1) is 17.5 Å². The summed E-state index contributed by atoms with van der Waals surface area (Å²) in [4.78, 5) is 29.1. The molecule has 0 saturated carbocycles. The van der Waals surface area contributed by atoms with Crippen LogP contribution in [-0.4, -0.2) is 16.7 Å². The van der Waals surface area contributed by atoms with Gasteiger partial charge >= 0.3 is 0 Å². The first kappa shape index (κ1) is 18.8. The fraction of sp³-hybridized carbons (Fsp3) is 0. The van der Waals surface area contributed by atoms with Crippen molar-refractivity contribution < 1.29 is 22.8 Å². The molecule has 1 heterocycles. The van der Waals surface area contributed by atoms with Crippen molar-refractivity contribution in [1.29, 1.82) is 0 Å². The molecule has 3 aromatic carbocycles. The lowest BCUT2D eigenvalue weighted by atomic mass is 10.0. The fourth-order valence-corrected chi connectivity index (χ4v) is 3.54. The molecule has 0 spiro atoms. The second kappa shape index (κ2) is 7.48. The first-order chi connectivity index (χ1) is 13.9. The molecule has 0 atom stereocenters. The van der Waals surface area contributed by atoms with E-state index in [9.17, 15) is 22.8 Å². The Bertz CT molecular complexity index is 1270. The summed E-state index contributed by atoms with van der Waals surface area (Å²) in [5, 5.41) is 2.19. The Kier molecular flexibility index (Phi) is 4.85. The van der Waals surface area contributed by atoms with Crippen molar-refractivity contribution in [2.24, 2.45) is 0 Å². The van der Waals surface area contributed by atoms with E-state index in [0.29, 0.717) is 5.52 Å². The van der Waals surface area contributed by atoms with Crippen molar-refractivity contribution in [2.75, 3.05) is 5.32 Å². The van der Waals surface area contributed by atoms with Crippen LogP contribution in [-0.2, 0) is 0 Å². The molecule has 0 bridgehead atoms. The SMILES string of the molecule is O=C(Nc1cc(F)cc(C(=O)c2ccc3ncsc3c2)c1F)c1cccc(F)c1. The number of carbonyl (C=O) groups excluding carboxylic acids is 2. The van der Waals surface area contributed by atoms with E-state index in [1.54, 1.807) is 17.6 Å². The third-order valence-corrected chi connectivity index (χ3v) is 5.00. The summed E-state index contributed by atoms with van der Waals surface area (Å²) in [6.07, 6.45) is 0. The Hall–Kier alpha value is -3.52.